The fraction of sp³-hybridized carbons (Fsp3) is 0.333. The van der Waals surface area contributed by atoms with E-state index in [1.807, 2.05) is 20.8 Å². The van der Waals surface area contributed by atoms with Crippen molar-refractivity contribution in [3.05, 3.63) is 57.1 Å². The molecule has 0 heterocycles. The summed E-state index contributed by atoms with van der Waals surface area (Å²) in [5, 5.41) is 16.0. The van der Waals surface area contributed by atoms with Gasteiger partial charge in [0.1, 0.15) is 5.75 Å². The molecule has 0 aliphatic rings. The van der Waals surface area contributed by atoms with Crippen LogP contribution in [0, 0.1) is 6.92 Å². The van der Waals surface area contributed by atoms with Crippen molar-refractivity contribution >= 4 is 40.8 Å². The Hall–Kier alpha value is -2.44. The van der Waals surface area contributed by atoms with Crippen LogP contribution >= 0.6 is 23.2 Å². The largest absolute Gasteiger partial charge is 0.482 e. The molecule has 0 fully saturated rings. The second kappa shape index (κ2) is 9.37. The van der Waals surface area contributed by atoms with E-state index in [1.165, 1.54) is 0 Å². The van der Waals surface area contributed by atoms with Gasteiger partial charge in [0.2, 0.25) is 0 Å². The van der Waals surface area contributed by atoms with Gasteiger partial charge in [-0.25, -0.2) is 4.79 Å². The quantitative estimate of drug-likeness (QED) is 0.571. The van der Waals surface area contributed by atoms with Gasteiger partial charge in [-0.2, -0.15) is 0 Å². The Balaban J connectivity index is 2.20. The van der Waals surface area contributed by atoms with E-state index < -0.39 is 5.97 Å². The fourth-order valence-corrected chi connectivity index (χ4v) is 3.34. The van der Waals surface area contributed by atoms with Crippen molar-refractivity contribution in [2.75, 3.05) is 11.9 Å². The molecule has 0 aromatic heterocycles. The minimum absolute atomic E-state index is 0.195. The number of carboxylic acid groups (broad SMARTS) is 1. The standard InChI is InChI=1S/C21H24Cl2N2O4/c1-12-15(20(27)28)6-5-7-17(12)24-10-13-8-14(22)9-16(23)19(13)29-11-18(26)25-21(2,3)4/h5-9,24H,10-11H2,1-4H3,(H,25,26)(H,27,28). The van der Waals surface area contributed by atoms with Crippen LogP contribution in [0.4, 0.5) is 5.69 Å². The molecular formula is C21H24Cl2N2O4. The number of carbonyl (C=O) groups excluding carboxylic acids is 1. The number of hydrogen-bond donors (Lipinski definition) is 3. The summed E-state index contributed by atoms with van der Waals surface area (Å²) in [6.45, 7) is 7.44. The Morgan fingerprint density at radius 1 is 1.17 bits per heavy atom. The van der Waals surface area contributed by atoms with Crippen molar-refractivity contribution in [3.8, 4) is 5.75 Å². The Kier molecular flexibility index (Phi) is 7.38. The molecule has 0 spiro atoms. The highest BCUT2D eigenvalue weighted by atomic mass is 35.5. The van der Waals surface area contributed by atoms with E-state index in [1.54, 1.807) is 37.3 Å². The molecule has 0 radical (unpaired) electrons. The molecule has 8 heteroatoms. The zero-order valence-corrected chi connectivity index (χ0v) is 18.2. The van der Waals surface area contributed by atoms with E-state index in [0.717, 1.165) is 0 Å². The molecule has 0 unspecified atom stereocenters. The first-order chi connectivity index (χ1) is 13.5. The third kappa shape index (κ3) is 6.54. The Morgan fingerprint density at radius 2 is 1.86 bits per heavy atom. The SMILES string of the molecule is Cc1c(NCc2cc(Cl)cc(Cl)c2OCC(=O)NC(C)(C)C)cccc1C(=O)O. The van der Waals surface area contributed by atoms with Gasteiger partial charge in [0, 0.05) is 28.4 Å². The number of rotatable bonds is 7. The molecule has 3 N–H and O–H groups in total. The van der Waals surface area contributed by atoms with Crippen LogP contribution in [-0.2, 0) is 11.3 Å². The van der Waals surface area contributed by atoms with Gasteiger partial charge >= 0.3 is 5.97 Å². The van der Waals surface area contributed by atoms with E-state index in [2.05, 4.69) is 10.6 Å². The monoisotopic (exact) mass is 438 g/mol. The molecular weight excluding hydrogens is 415 g/mol. The third-order valence-electron chi connectivity index (χ3n) is 3.98. The maximum absolute atomic E-state index is 12.1. The Labute approximate surface area is 180 Å². The van der Waals surface area contributed by atoms with Crippen molar-refractivity contribution < 1.29 is 19.4 Å². The molecule has 29 heavy (non-hydrogen) atoms. The number of nitrogens with one attached hydrogen (secondary N) is 2. The maximum atomic E-state index is 12.1. The maximum Gasteiger partial charge on any atom is 0.336 e. The lowest BCUT2D eigenvalue weighted by Gasteiger charge is -2.21. The molecule has 0 bridgehead atoms. The van der Waals surface area contributed by atoms with Gasteiger partial charge in [-0.05, 0) is 57.5 Å². The zero-order chi connectivity index (χ0) is 21.8. The highest BCUT2D eigenvalue weighted by Crippen LogP contribution is 2.33. The fourth-order valence-electron chi connectivity index (χ4n) is 2.75. The lowest BCUT2D eigenvalue weighted by molar-refractivity contribution is -0.124. The van der Waals surface area contributed by atoms with Gasteiger partial charge < -0.3 is 20.5 Å². The predicted octanol–water partition coefficient (Wildman–Crippen LogP) is 4.91. The summed E-state index contributed by atoms with van der Waals surface area (Å²) >= 11 is 12.4. The van der Waals surface area contributed by atoms with Crippen molar-refractivity contribution in [1.29, 1.82) is 0 Å². The molecule has 1 amide bonds. The highest BCUT2D eigenvalue weighted by molar-refractivity contribution is 6.35. The normalized spacial score (nSPS) is 11.1. The van der Waals surface area contributed by atoms with Crippen molar-refractivity contribution in [1.82, 2.24) is 5.32 Å². The van der Waals surface area contributed by atoms with Crippen molar-refractivity contribution in [3.63, 3.8) is 0 Å². The van der Waals surface area contributed by atoms with Gasteiger partial charge in [-0.3, -0.25) is 4.79 Å². The van der Waals surface area contributed by atoms with Gasteiger partial charge in [0.15, 0.2) is 6.61 Å². The number of ether oxygens (including phenoxy) is 1. The van der Waals surface area contributed by atoms with Crippen LogP contribution in [0.15, 0.2) is 30.3 Å². The lowest BCUT2D eigenvalue weighted by Crippen LogP contribution is -2.43. The predicted molar refractivity (Wildman–Crippen MR) is 115 cm³/mol. The molecule has 0 aliphatic heterocycles. The summed E-state index contributed by atoms with van der Waals surface area (Å²) in [5.41, 5.74) is 1.76. The molecule has 2 aromatic carbocycles. The zero-order valence-electron chi connectivity index (χ0n) is 16.7. The number of benzene rings is 2. The first-order valence-electron chi connectivity index (χ1n) is 8.96. The number of anilines is 1. The number of aromatic carboxylic acids is 1. The van der Waals surface area contributed by atoms with Gasteiger partial charge in [-0.1, -0.05) is 29.3 Å². The first kappa shape index (κ1) is 22.8. The second-order valence-corrected chi connectivity index (χ2v) is 8.44. The average Bonchev–Trinajstić information content (AvgIpc) is 2.58. The van der Waals surface area contributed by atoms with Crippen LogP contribution < -0.4 is 15.4 Å². The summed E-state index contributed by atoms with van der Waals surface area (Å²) in [5.74, 6) is -0.919. The van der Waals surface area contributed by atoms with Gasteiger partial charge in [0.05, 0.1) is 10.6 Å². The van der Waals surface area contributed by atoms with Crippen LogP contribution in [0.25, 0.3) is 0 Å². The lowest BCUT2D eigenvalue weighted by atomic mass is 10.1. The van der Waals surface area contributed by atoms with Crippen LogP contribution in [0.5, 0.6) is 5.75 Å². The molecule has 0 aliphatic carbocycles. The van der Waals surface area contributed by atoms with Crippen LogP contribution in [0.2, 0.25) is 10.0 Å². The molecule has 0 saturated carbocycles. The molecule has 2 aromatic rings. The van der Waals surface area contributed by atoms with Gasteiger partial charge in [0.25, 0.3) is 5.91 Å². The van der Waals surface area contributed by atoms with Crippen LogP contribution in [0.1, 0.15) is 42.3 Å². The number of carbonyl (C=O) groups is 2. The summed E-state index contributed by atoms with van der Waals surface area (Å²) in [4.78, 5) is 23.4. The summed E-state index contributed by atoms with van der Waals surface area (Å²) in [6.07, 6.45) is 0. The average molecular weight is 439 g/mol. The van der Waals surface area contributed by atoms with Crippen LogP contribution in [0.3, 0.4) is 0 Å². The van der Waals surface area contributed by atoms with Crippen LogP contribution in [-0.4, -0.2) is 29.1 Å². The smallest absolute Gasteiger partial charge is 0.336 e. The van der Waals surface area contributed by atoms with E-state index in [4.69, 9.17) is 27.9 Å². The number of halogens is 2. The minimum atomic E-state index is -0.995. The Bertz CT molecular complexity index is 924. The van der Waals surface area contributed by atoms with E-state index >= 15 is 0 Å². The number of carboxylic acids is 1. The van der Waals surface area contributed by atoms with Crippen molar-refractivity contribution in [2.24, 2.45) is 0 Å². The van der Waals surface area contributed by atoms with Gasteiger partial charge in [-0.15, -0.1) is 0 Å². The molecule has 0 saturated heterocycles. The van der Waals surface area contributed by atoms with E-state index in [0.29, 0.717) is 27.6 Å². The molecule has 6 nitrogen and oxygen atoms in total. The first-order valence-corrected chi connectivity index (χ1v) is 9.72. The topological polar surface area (TPSA) is 87.7 Å². The number of hydrogen-bond acceptors (Lipinski definition) is 4. The Morgan fingerprint density at radius 3 is 2.48 bits per heavy atom. The summed E-state index contributed by atoms with van der Waals surface area (Å²) in [7, 11) is 0. The highest BCUT2D eigenvalue weighted by Gasteiger charge is 2.17. The van der Waals surface area contributed by atoms with Crippen molar-refractivity contribution in [2.45, 2.75) is 39.8 Å². The molecule has 156 valence electrons. The minimum Gasteiger partial charge on any atom is -0.482 e. The summed E-state index contributed by atoms with van der Waals surface area (Å²) in [6, 6.07) is 8.22. The molecule has 2 rings (SSSR count). The third-order valence-corrected chi connectivity index (χ3v) is 4.48. The van der Waals surface area contributed by atoms with E-state index in [-0.39, 0.29) is 35.2 Å². The van der Waals surface area contributed by atoms with E-state index in [9.17, 15) is 14.7 Å². The number of amides is 1. The second-order valence-electron chi connectivity index (χ2n) is 7.60. The summed E-state index contributed by atoms with van der Waals surface area (Å²) < 4.78 is 5.67. The molecule has 0 atom stereocenters.